The van der Waals surface area contributed by atoms with Gasteiger partial charge in [0.2, 0.25) is 0 Å². The SMILES string of the molecule is CC(=O)[C@H]1[C@H](CCc2ccccc2)NC(=O)N(Cc2ccccc2)[C@@H]1C. The van der Waals surface area contributed by atoms with Crippen LogP contribution in [0.5, 0.6) is 0 Å². The van der Waals surface area contributed by atoms with Crippen LogP contribution in [0, 0.1) is 5.92 Å². The topological polar surface area (TPSA) is 49.4 Å². The molecule has 0 spiro atoms. The molecule has 1 heterocycles. The van der Waals surface area contributed by atoms with Crippen LogP contribution in [-0.4, -0.2) is 28.8 Å². The minimum atomic E-state index is -0.194. The van der Waals surface area contributed by atoms with Gasteiger partial charge in [-0.3, -0.25) is 4.79 Å². The lowest BCUT2D eigenvalue weighted by Crippen LogP contribution is -2.62. The lowest BCUT2D eigenvalue weighted by molar-refractivity contribution is -0.124. The highest BCUT2D eigenvalue weighted by atomic mass is 16.2. The molecule has 1 saturated heterocycles. The number of aryl methyl sites for hydroxylation is 1. The number of ketones is 1. The van der Waals surface area contributed by atoms with E-state index < -0.39 is 0 Å². The maximum atomic E-state index is 12.7. The first-order valence-electron chi connectivity index (χ1n) is 9.21. The zero-order valence-corrected chi connectivity index (χ0v) is 15.4. The maximum absolute atomic E-state index is 12.7. The summed E-state index contributed by atoms with van der Waals surface area (Å²) in [4.78, 5) is 26.8. The number of urea groups is 1. The minimum Gasteiger partial charge on any atom is -0.334 e. The van der Waals surface area contributed by atoms with Crippen molar-refractivity contribution in [2.75, 3.05) is 0 Å². The van der Waals surface area contributed by atoms with Crippen LogP contribution in [0.2, 0.25) is 0 Å². The first-order valence-corrected chi connectivity index (χ1v) is 9.21. The predicted molar refractivity (Wildman–Crippen MR) is 103 cm³/mol. The van der Waals surface area contributed by atoms with E-state index in [-0.39, 0.29) is 29.8 Å². The van der Waals surface area contributed by atoms with E-state index >= 15 is 0 Å². The van der Waals surface area contributed by atoms with Crippen molar-refractivity contribution in [1.82, 2.24) is 10.2 Å². The monoisotopic (exact) mass is 350 g/mol. The highest BCUT2D eigenvalue weighted by Gasteiger charge is 2.41. The molecule has 3 atom stereocenters. The van der Waals surface area contributed by atoms with Crippen LogP contribution in [0.3, 0.4) is 0 Å². The molecular weight excluding hydrogens is 324 g/mol. The lowest BCUT2D eigenvalue weighted by atomic mass is 9.83. The molecule has 2 aromatic rings. The number of nitrogens with zero attached hydrogens (tertiary/aromatic N) is 1. The summed E-state index contributed by atoms with van der Waals surface area (Å²) in [5, 5.41) is 3.08. The number of hydrogen-bond donors (Lipinski definition) is 1. The van der Waals surface area contributed by atoms with Crippen LogP contribution >= 0.6 is 0 Å². The van der Waals surface area contributed by atoms with E-state index in [1.54, 1.807) is 11.8 Å². The fourth-order valence-electron chi connectivity index (χ4n) is 3.88. The molecule has 0 unspecified atom stereocenters. The van der Waals surface area contributed by atoms with Crippen molar-refractivity contribution in [1.29, 1.82) is 0 Å². The summed E-state index contributed by atoms with van der Waals surface area (Å²) in [5.74, 6) is -0.0613. The van der Waals surface area contributed by atoms with Crippen molar-refractivity contribution < 1.29 is 9.59 Å². The third kappa shape index (κ3) is 4.13. The Bertz CT molecular complexity index is 743. The second-order valence-corrected chi connectivity index (χ2v) is 7.07. The summed E-state index contributed by atoms with van der Waals surface area (Å²) in [6.45, 7) is 4.14. The fourth-order valence-corrected chi connectivity index (χ4v) is 3.88. The van der Waals surface area contributed by atoms with Gasteiger partial charge in [-0.2, -0.15) is 0 Å². The van der Waals surface area contributed by atoms with Crippen molar-refractivity contribution in [3.63, 3.8) is 0 Å². The van der Waals surface area contributed by atoms with Gasteiger partial charge in [0.25, 0.3) is 0 Å². The lowest BCUT2D eigenvalue weighted by Gasteiger charge is -2.43. The largest absolute Gasteiger partial charge is 0.334 e. The van der Waals surface area contributed by atoms with Crippen LogP contribution in [0.15, 0.2) is 60.7 Å². The van der Waals surface area contributed by atoms with E-state index in [0.717, 1.165) is 18.4 Å². The number of hydrogen-bond acceptors (Lipinski definition) is 2. The van der Waals surface area contributed by atoms with Gasteiger partial charge in [-0.05, 0) is 37.8 Å². The van der Waals surface area contributed by atoms with Gasteiger partial charge in [0.15, 0.2) is 0 Å². The van der Waals surface area contributed by atoms with E-state index in [0.29, 0.717) is 6.54 Å². The number of amides is 2. The van der Waals surface area contributed by atoms with Crippen molar-refractivity contribution in [2.24, 2.45) is 5.92 Å². The van der Waals surface area contributed by atoms with Crippen LogP contribution < -0.4 is 5.32 Å². The van der Waals surface area contributed by atoms with Gasteiger partial charge in [-0.1, -0.05) is 60.7 Å². The first kappa shape index (κ1) is 18.2. The van der Waals surface area contributed by atoms with E-state index in [9.17, 15) is 9.59 Å². The molecule has 1 aliphatic rings. The Labute approximate surface area is 155 Å². The summed E-state index contributed by atoms with van der Waals surface area (Å²) in [6, 6.07) is 19.8. The second-order valence-electron chi connectivity index (χ2n) is 7.07. The molecule has 26 heavy (non-hydrogen) atoms. The van der Waals surface area contributed by atoms with E-state index in [1.807, 2.05) is 55.5 Å². The van der Waals surface area contributed by atoms with Gasteiger partial charge >= 0.3 is 6.03 Å². The third-order valence-corrected chi connectivity index (χ3v) is 5.27. The van der Waals surface area contributed by atoms with E-state index in [2.05, 4.69) is 17.4 Å². The molecule has 2 amide bonds. The van der Waals surface area contributed by atoms with E-state index in [1.165, 1.54) is 5.56 Å². The molecule has 1 N–H and O–H groups in total. The summed E-state index contributed by atoms with van der Waals surface area (Å²) >= 11 is 0. The van der Waals surface area contributed by atoms with Crippen LogP contribution in [0.4, 0.5) is 4.79 Å². The number of carbonyl (C=O) groups excluding carboxylic acids is 2. The highest BCUT2D eigenvalue weighted by Crippen LogP contribution is 2.26. The van der Waals surface area contributed by atoms with Gasteiger partial charge in [0, 0.05) is 18.6 Å². The van der Waals surface area contributed by atoms with Crippen LogP contribution in [0.1, 0.15) is 31.4 Å². The molecule has 0 bridgehead atoms. The zero-order chi connectivity index (χ0) is 18.5. The Kier molecular flexibility index (Phi) is 5.71. The summed E-state index contributed by atoms with van der Waals surface area (Å²) < 4.78 is 0. The molecular formula is C22H26N2O2. The Morgan fingerprint density at radius 1 is 1.00 bits per heavy atom. The van der Waals surface area contributed by atoms with Crippen LogP contribution in [0.25, 0.3) is 0 Å². The minimum absolute atomic E-state index is 0.0862. The van der Waals surface area contributed by atoms with Gasteiger partial charge in [-0.25, -0.2) is 4.79 Å². The number of benzene rings is 2. The molecule has 2 aromatic carbocycles. The molecule has 0 radical (unpaired) electrons. The van der Waals surface area contributed by atoms with Crippen molar-refractivity contribution in [3.8, 4) is 0 Å². The Balaban J connectivity index is 1.73. The summed E-state index contributed by atoms with van der Waals surface area (Å²) in [6.07, 6.45) is 1.62. The Morgan fingerprint density at radius 2 is 1.58 bits per heavy atom. The third-order valence-electron chi connectivity index (χ3n) is 5.27. The summed E-state index contributed by atoms with van der Waals surface area (Å²) in [5.41, 5.74) is 2.29. The van der Waals surface area contributed by atoms with Gasteiger partial charge in [0.05, 0.1) is 5.92 Å². The predicted octanol–water partition coefficient (Wildman–Crippen LogP) is 3.81. The van der Waals surface area contributed by atoms with Gasteiger partial charge < -0.3 is 10.2 Å². The zero-order valence-electron chi connectivity index (χ0n) is 15.4. The molecule has 1 fully saturated rings. The highest BCUT2D eigenvalue weighted by molar-refractivity contribution is 5.84. The van der Waals surface area contributed by atoms with Crippen LogP contribution in [-0.2, 0) is 17.8 Å². The van der Waals surface area contributed by atoms with Crippen molar-refractivity contribution in [3.05, 3.63) is 71.8 Å². The Hall–Kier alpha value is -2.62. The number of Topliss-reactive ketones (excluding diaryl/α,β-unsaturated/α-hetero) is 1. The number of rotatable bonds is 6. The quantitative estimate of drug-likeness (QED) is 0.861. The van der Waals surface area contributed by atoms with Gasteiger partial charge in [-0.15, -0.1) is 0 Å². The van der Waals surface area contributed by atoms with E-state index in [4.69, 9.17) is 0 Å². The molecule has 0 aromatic heterocycles. The molecule has 3 rings (SSSR count). The standard InChI is InChI=1S/C22H26N2O2/c1-16-21(17(2)25)20(14-13-18-9-5-3-6-10-18)23-22(26)24(16)15-19-11-7-4-8-12-19/h3-12,16,20-21H,13-15H2,1-2H3,(H,23,26)/t16-,20+,21+/m1/s1. The molecule has 0 aliphatic carbocycles. The second kappa shape index (κ2) is 8.17. The summed E-state index contributed by atoms with van der Waals surface area (Å²) in [7, 11) is 0. The smallest absolute Gasteiger partial charge is 0.318 e. The molecule has 136 valence electrons. The Morgan fingerprint density at radius 3 is 2.15 bits per heavy atom. The number of carbonyl (C=O) groups is 2. The maximum Gasteiger partial charge on any atom is 0.318 e. The first-order chi connectivity index (χ1) is 12.6. The van der Waals surface area contributed by atoms with Gasteiger partial charge in [0.1, 0.15) is 5.78 Å². The average molecular weight is 350 g/mol. The fraction of sp³-hybridized carbons (Fsp3) is 0.364. The molecule has 4 heteroatoms. The average Bonchev–Trinajstić information content (AvgIpc) is 2.64. The van der Waals surface area contributed by atoms with Crippen molar-refractivity contribution >= 4 is 11.8 Å². The molecule has 1 aliphatic heterocycles. The normalized spacial score (nSPS) is 22.8. The molecule has 4 nitrogen and oxygen atoms in total. The molecule has 0 saturated carbocycles. The van der Waals surface area contributed by atoms with Crippen molar-refractivity contribution in [2.45, 2.75) is 45.3 Å². The number of nitrogens with one attached hydrogen (secondary N) is 1.